The number of thiocarbonyl (C=S) groups is 1. The molecule has 1 aromatic carbocycles. The summed E-state index contributed by atoms with van der Waals surface area (Å²) in [4.78, 5) is 106. The van der Waals surface area contributed by atoms with Crippen molar-refractivity contribution in [1.29, 1.82) is 0 Å². The molecule has 5 atom stereocenters. The fourth-order valence-corrected chi connectivity index (χ4v) is 9.10. The van der Waals surface area contributed by atoms with Gasteiger partial charge in [0.25, 0.3) is 11.8 Å². The van der Waals surface area contributed by atoms with Crippen LogP contribution < -0.4 is 0 Å². The van der Waals surface area contributed by atoms with Gasteiger partial charge >= 0.3 is 23.9 Å². The second-order valence-corrected chi connectivity index (χ2v) is 18.3. The molecular formula is C45H64N4O12S2. The van der Waals surface area contributed by atoms with Crippen molar-refractivity contribution in [3.8, 4) is 0 Å². The Labute approximate surface area is 379 Å². The molecule has 2 aliphatic heterocycles. The summed E-state index contributed by atoms with van der Waals surface area (Å²) in [5.74, 6) is -6.83. The SMILES string of the molecule is CCC(C)C(CC(=O)C(CCSC)CC(=S)Cc1ccc(CC2CN(CC(=O)O)CCN(CC(=O)O)CCN2CC(=O)O)cc1)C(=O)CC(CCCCN1C(=O)C=CC1=O)C(=O)O. The maximum absolute atomic E-state index is 14.0. The highest BCUT2D eigenvalue weighted by atomic mass is 32.2. The number of imide groups is 1. The van der Waals surface area contributed by atoms with E-state index >= 15 is 0 Å². The molecular weight excluding hydrogens is 853 g/mol. The molecule has 63 heavy (non-hydrogen) atoms. The van der Waals surface area contributed by atoms with Crippen molar-refractivity contribution in [2.24, 2.45) is 23.7 Å². The third kappa shape index (κ3) is 18.7. The van der Waals surface area contributed by atoms with Crippen molar-refractivity contribution in [2.75, 3.05) is 70.9 Å². The average Bonchev–Trinajstić information content (AvgIpc) is 3.57. The van der Waals surface area contributed by atoms with Gasteiger partial charge in [-0.3, -0.25) is 58.0 Å². The van der Waals surface area contributed by atoms with Crippen molar-refractivity contribution in [1.82, 2.24) is 19.6 Å². The number of aliphatic carboxylic acids is 4. The van der Waals surface area contributed by atoms with Gasteiger partial charge in [0.1, 0.15) is 11.6 Å². The van der Waals surface area contributed by atoms with E-state index in [1.165, 1.54) is 12.2 Å². The third-order valence-electron chi connectivity index (χ3n) is 12.0. The van der Waals surface area contributed by atoms with Gasteiger partial charge in [-0.15, -0.1) is 0 Å². The van der Waals surface area contributed by atoms with Crippen LogP contribution >= 0.6 is 24.0 Å². The Kier molecular flexibility index (Phi) is 22.8. The van der Waals surface area contributed by atoms with Gasteiger partial charge in [-0.05, 0) is 66.0 Å². The van der Waals surface area contributed by atoms with Crippen LogP contribution in [-0.4, -0.2) is 169 Å². The highest BCUT2D eigenvalue weighted by molar-refractivity contribution is 7.98. The van der Waals surface area contributed by atoms with E-state index in [4.69, 9.17) is 12.2 Å². The molecule has 0 saturated carbocycles. The standard InChI is InChI=1S/C45H64N4O12S2/c1-4-30(2)37(39(51)24-34(45(60)61)7-5-6-15-49-40(52)12-13-41(49)53)25-38(50)33(14-20-63-3)23-36(62)22-32-10-8-31(9-11-32)21-35-26-47(28-43(56)57)17-16-46(27-42(54)55)18-19-48(35)29-44(58)59/h8-13,30,33-35,37H,4-7,14-29H2,1-3H3,(H,54,55)(H,56,57)(H,58,59)(H,60,61). The summed E-state index contributed by atoms with van der Waals surface area (Å²) in [5.41, 5.74) is 1.81. The first-order chi connectivity index (χ1) is 29.9. The number of carbonyl (C=O) groups is 8. The maximum atomic E-state index is 14.0. The molecule has 0 spiro atoms. The highest BCUT2D eigenvalue weighted by Gasteiger charge is 2.33. The molecule has 4 N–H and O–H groups in total. The fourth-order valence-electron chi connectivity index (χ4n) is 8.21. The predicted molar refractivity (Wildman–Crippen MR) is 242 cm³/mol. The first kappa shape index (κ1) is 53.0. The van der Waals surface area contributed by atoms with E-state index in [-0.39, 0.29) is 82.1 Å². The molecule has 0 bridgehead atoms. The first-order valence-electron chi connectivity index (χ1n) is 21.6. The van der Waals surface area contributed by atoms with E-state index < -0.39 is 53.4 Å². The van der Waals surface area contributed by atoms with Gasteiger partial charge in [-0.25, -0.2) is 0 Å². The van der Waals surface area contributed by atoms with Crippen LogP contribution in [-0.2, 0) is 51.2 Å². The van der Waals surface area contributed by atoms with Crippen LogP contribution in [0.3, 0.4) is 0 Å². The van der Waals surface area contributed by atoms with Gasteiger partial charge < -0.3 is 20.4 Å². The molecule has 2 heterocycles. The zero-order valence-corrected chi connectivity index (χ0v) is 38.3. The number of Topliss-reactive ketones (excluding diaryl/α,β-unsaturated/α-hetero) is 2. The molecule has 0 radical (unpaired) electrons. The molecule has 1 saturated heterocycles. The Balaban J connectivity index is 1.67. The molecule has 2 aliphatic rings. The van der Waals surface area contributed by atoms with Crippen molar-refractivity contribution < 1.29 is 58.8 Å². The van der Waals surface area contributed by atoms with Gasteiger partial charge in [0.05, 0.1) is 25.6 Å². The lowest BCUT2D eigenvalue weighted by molar-refractivity contribution is -0.145. The summed E-state index contributed by atoms with van der Waals surface area (Å²) in [6.07, 6.45) is 7.51. The Bertz CT molecular complexity index is 1790. The van der Waals surface area contributed by atoms with Crippen molar-refractivity contribution >= 4 is 76.1 Å². The van der Waals surface area contributed by atoms with E-state index in [2.05, 4.69) is 0 Å². The number of nitrogens with zero attached hydrogens (tertiary/aromatic N) is 4. The Morgan fingerprint density at radius 3 is 1.92 bits per heavy atom. The number of benzene rings is 1. The lowest BCUT2D eigenvalue weighted by Gasteiger charge is -2.33. The number of carboxylic acids is 4. The molecule has 1 fully saturated rings. The van der Waals surface area contributed by atoms with Crippen molar-refractivity contribution in [2.45, 2.75) is 84.1 Å². The van der Waals surface area contributed by atoms with Gasteiger partial charge in [0, 0.05) is 88.6 Å². The number of ketones is 2. The molecule has 0 aliphatic carbocycles. The summed E-state index contributed by atoms with van der Waals surface area (Å²) < 4.78 is 0. The van der Waals surface area contributed by atoms with Gasteiger partial charge in [0.15, 0.2) is 0 Å². The van der Waals surface area contributed by atoms with Crippen LogP contribution in [0.2, 0.25) is 0 Å². The number of hydrogen-bond acceptors (Lipinski definition) is 13. The van der Waals surface area contributed by atoms with Gasteiger partial charge in [-0.2, -0.15) is 11.8 Å². The Hall–Kier alpha value is -4.36. The average molecular weight is 917 g/mol. The number of carboxylic acid groups (broad SMARTS) is 4. The Morgan fingerprint density at radius 1 is 0.746 bits per heavy atom. The predicted octanol–water partition coefficient (Wildman–Crippen LogP) is 3.82. The molecule has 5 unspecified atom stereocenters. The maximum Gasteiger partial charge on any atom is 0.317 e. The molecule has 2 amide bonds. The summed E-state index contributed by atoms with van der Waals surface area (Å²) >= 11 is 7.46. The molecule has 18 heteroatoms. The van der Waals surface area contributed by atoms with E-state index in [9.17, 15) is 58.8 Å². The lowest BCUT2D eigenvalue weighted by atomic mass is 9.78. The van der Waals surface area contributed by atoms with Gasteiger partial charge in [0.2, 0.25) is 0 Å². The molecule has 3 rings (SSSR count). The minimum absolute atomic E-state index is 0.00966. The van der Waals surface area contributed by atoms with E-state index in [0.29, 0.717) is 75.2 Å². The number of amides is 2. The summed E-state index contributed by atoms with van der Waals surface area (Å²) in [5, 5.41) is 38.7. The smallest absolute Gasteiger partial charge is 0.317 e. The van der Waals surface area contributed by atoms with E-state index in [0.717, 1.165) is 16.0 Å². The zero-order valence-electron chi connectivity index (χ0n) is 36.7. The second-order valence-electron chi connectivity index (χ2n) is 16.8. The van der Waals surface area contributed by atoms with Crippen LogP contribution in [0.1, 0.15) is 76.3 Å². The van der Waals surface area contributed by atoms with E-state index in [1.807, 2.05) is 44.4 Å². The van der Waals surface area contributed by atoms with Crippen LogP contribution in [0.15, 0.2) is 36.4 Å². The van der Waals surface area contributed by atoms with Gasteiger partial charge in [-0.1, -0.05) is 63.2 Å². The number of thioether (sulfide) groups is 1. The molecule has 16 nitrogen and oxygen atoms in total. The number of hydrogen-bond donors (Lipinski definition) is 4. The van der Waals surface area contributed by atoms with Crippen LogP contribution in [0, 0.1) is 23.7 Å². The number of carbonyl (C=O) groups excluding carboxylic acids is 4. The fraction of sp³-hybridized carbons (Fsp3) is 0.622. The van der Waals surface area contributed by atoms with Crippen LogP contribution in [0.4, 0.5) is 0 Å². The van der Waals surface area contributed by atoms with Crippen molar-refractivity contribution in [3.63, 3.8) is 0 Å². The largest absolute Gasteiger partial charge is 0.481 e. The highest BCUT2D eigenvalue weighted by Crippen LogP contribution is 2.29. The van der Waals surface area contributed by atoms with Crippen LogP contribution in [0.25, 0.3) is 0 Å². The van der Waals surface area contributed by atoms with Crippen molar-refractivity contribution in [3.05, 3.63) is 47.5 Å². The third-order valence-corrected chi connectivity index (χ3v) is 13.0. The number of unbranched alkanes of at least 4 members (excludes halogenated alkanes) is 1. The van der Waals surface area contributed by atoms with E-state index in [1.54, 1.807) is 26.5 Å². The monoisotopic (exact) mass is 916 g/mol. The molecule has 0 aromatic heterocycles. The quantitative estimate of drug-likeness (QED) is 0.0509. The first-order valence-corrected chi connectivity index (χ1v) is 23.4. The molecule has 1 aromatic rings. The number of rotatable bonds is 29. The lowest BCUT2D eigenvalue weighted by Crippen LogP contribution is -2.49. The minimum Gasteiger partial charge on any atom is -0.481 e. The van der Waals surface area contributed by atoms with Crippen LogP contribution in [0.5, 0.6) is 0 Å². The normalized spacial score (nSPS) is 18.5. The Morgan fingerprint density at radius 2 is 1.33 bits per heavy atom. The second kappa shape index (κ2) is 27.1. The summed E-state index contributed by atoms with van der Waals surface area (Å²) in [7, 11) is 0. The molecule has 348 valence electrons. The minimum atomic E-state index is -1.10. The zero-order chi connectivity index (χ0) is 46.6. The topological polar surface area (TPSA) is 230 Å². The summed E-state index contributed by atoms with van der Waals surface area (Å²) in [6.45, 7) is 4.69. The summed E-state index contributed by atoms with van der Waals surface area (Å²) in [6, 6.07) is 7.35.